The lowest BCUT2D eigenvalue weighted by atomic mass is 9.82. The highest BCUT2D eigenvalue weighted by molar-refractivity contribution is 5.93. The fourth-order valence-electron chi connectivity index (χ4n) is 1.91. The fourth-order valence-corrected chi connectivity index (χ4v) is 1.91. The molecule has 6 heteroatoms. The summed E-state index contributed by atoms with van der Waals surface area (Å²) in [5, 5.41) is 9.97. The van der Waals surface area contributed by atoms with E-state index in [9.17, 15) is 4.79 Å². The Morgan fingerprint density at radius 3 is 3.06 bits per heavy atom. The molecule has 1 aromatic rings. The van der Waals surface area contributed by atoms with Crippen LogP contribution in [-0.4, -0.2) is 33.8 Å². The lowest BCUT2D eigenvalue weighted by Crippen LogP contribution is -2.46. The van der Waals surface area contributed by atoms with Crippen LogP contribution in [0, 0.1) is 5.41 Å². The number of aryl methyl sites for hydroxylation is 1. The molecule has 0 spiro atoms. The molecule has 1 aromatic heterocycles. The quantitative estimate of drug-likeness (QED) is 0.748. The topological polar surface area (TPSA) is 71.8 Å². The normalized spacial score (nSPS) is 25.4. The molecule has 1 amide bonds. The van der Waals surface area contributed by atoms with Crippen LogP contribution in [0.3, 0.4) is 0 Å². The predicted octanol–water partition coefficient (Wildman–Crippen LogP) is 0.143. The first-order valence-corrected chi connectivity index (χ1v) is 5.48. The lowest BCUT2D eigenvalue weighted by molar-refractivity contribution is -0.125. The van der Waals surface area contributed by atoms with Gasteiger partial charge >= 0.3 is 0 Å². The van der Waals surface area contributed by atoms with E-state index in [2.05, 4.69) is 20.7 Å². The van der Waals surface area contributed by atoms with E-state index < -0.39 is 0 Å². The standard InChI is InChI=1S/C10H17N5O/c1-10(4-3-5-11-6-10)8(16)14-9-12-7-13-15(9)2/h7,11H,3-6H2,1-2H3,(H,12,13,14,16). The molecule has 2 N–H and O–H groups in total. The van der Waals surface area contributed by atoms with Gasteiger partial charge in [-0.25, -0.2) is 4.68 Å². The van der Waals surface area contributed by atoms with Crippen LogP contribution in [0.15, 0.2) is 6.33 Å². The highest BCUT2D eigenvalue weighted by Crippen LogP contribution is 2.26. The number of carbonyl (C=O) groups is 1. The summed E-state index contributed by atoms with van der Waals surface area (Å²) >= 11 is 0. The molecule has 1 atom stereocenters. The minimum absolute atomic E-state index is 0.0100. The zero-order valence-electron chi connectivity index (χ0n) is 9.66. The Kier molecular flexibility index (Phi) is 2.91. The van der Waals surface area contributed by atoms with Crippen molar-refractivity contribution in [1.82, 2.24) is 20.1 Å². The van der Waals surface area contributed by atoms with Crippen LogP contribution >= 0.6 is 0 Å². The van der Waals surface area contributed by atoms with Gasteiger partial charge in [-0.15, -0.1) is 0 Å². The average Bonchev–Trinajstić information content (AvgIpc) is 2.65. The second-order valence-electron chi connectivity index (χ2n) is 4.50. The number of rotatable bonds is 2. The average molecular weight is 223 g/mol. The van der Waals surface area contributed by atoms with Crippen molar-refractivity contribution in [3.8, 4) is 0 Å². The van der Waals surface area contributed by atoms with Crippen molar-refractivity contribution in [2.24, 2.45) is 12.5 Å². The van der Waals surface area contributed by atoms with Gasteiger partial charge in [0.25, 0.3) is 0 Å². The van der Waals surface area contributed by atoms with E-state index in [1.165, 1.54) is 6.33 Å². The molecular weight excluding hydrogens is 206 g/mol. The summed E-state index contributed by atoms with van der Waals surface area (Å²) in [6.07, 6.45) is 3.36. The van der Waals surface area contributed by atoms with Crippen LogP contribution in [0.4, 0.5) is 5.95 Å². The van der Waals surface area contributed by atoms with E-state index >= 15 is 0 Å². The van der Waals surface area contributed by atoms with E-state index in [0.29, 0.717) is 5.95 Å². The number of piperidine rings is 1. The first kappa shape index (κ1) is 11.1. The van der Waals surface area contributed by atoms with Crippen molar-refractivity contribution >= 4 is 11.9 Å². The highest BCUT2D eigenvalue weighted by atomic mass is 16.2. The molecule has 88 valence electrons. The maximum Gasteiger partial charge on any atom is 0.233 e. The maximum atomic E-state index is 12.1. The number of nitrogens with zero attached hydrogens (tertiary/aromatic N) is 3. The summed E-state index contributed by atoms with van der Waals surface area (Å²) in [5.41, 5.74) is -0.343. The minimum atomic E-state index is -0.343. The Morgan fingerprint density at radius 2 is 2.50 bits per heavy atom. The van der Waals surface area contributed by atoms with Crippen molar-refractivity contribution in [2.75, 3.05) is 18.4 Å². The van der Waals surface area contributed by atoms with Crippen molar-refractivity contribution in [3.63, 3.8) is 0 Å². The molecule has 1 aliphatic rings. The number of nitrogens with one attached hydrogen (secondary N) is 2. The molecule has 0 aliphatic carbocycles. The SMILES string of the molecule is Cn1ncnc1NC(=O)C1(C)CCCNC1. The third-order valence-corrected chi connectivity index (χ3v) is 3.08. The fraction of sp³-hybridized carbons (Fsp3) is 0.700. The Hall–Kier alpha value is -1.43. The number of carbonyl (C=O) groups excluding carboxylic acids is 1. The smallest absolute Gasteiger partial charge is 0.233 e. The minimum Gasteiger partial charge on any atom is -0.316 e. The zero-order chi connectivity index (χ0) is 11.6. The van der Waals surface area contributed by atoms with E-state index in [0.717, 1.165) is 25.9 Å². The Bertz CT molecular complexity index is 380. The molecule has 2 rings (SSSR count). The summed E-state index contributed by atoms with van der Waals surface area (Å²) in [6.45, 7) is 3.69. The van der Waals surface area contributed by atoms with Gasteiger partial charge in [-0.3, -0.25) is 10.1 Å². The molecule has 16 heavy (non-hydrogen) atoms. The molecule has 0 bridgehead atoms. The maximum absolute atomic E-state index is 12.1. The van der Waals surface area contributed by atoms with Crippen molar-refractivity contribution in [3.05, 3.63) is 6.33 Å². The second-order valence-corrected chi connectivity index (χ2v) is 4.50. The molecule has 2 heterocycles. The van der Waals surface area contributed by atoms with Crippen molar-refractivity contribution in [2.45, 2.75) is 19.8 Å². The van der Waals surface area contributed by atoms with Crippen LogP contribution in [-0.2, 0) is 11.8 Å². The molecule has 1 aliphatic heterocycles. The molecule has 0 aromatic carbocycles. The van der Waals surface area contributed by atoms with E-state index in [1.54, 1.807) is 11.7 Å². The number of hydrogen-bond donors (Lipinski definition) is 2. The highest BCUT2D eigenvalue weighted by Gasteiger charge is 2.35. The summed E-state index contributed by atoms with van der Waals surface area (Å²) in [7, 11) is 1.75. The van der Waals surface area contributed by atoms with Gasteiger partial charge in [0.1, 0.15) is 6.33 Å². The molecule has 6 nitrogen and oxygen atoms in total. The van der Waals surface area contributed by atoms with Gasteiger partial charge in [-0.1, -0.05) is 0 Å². The van der Waals surface area contributed by atoms with Crippen molar-refractivity contribution in [1.29, 1.82) is 0 Å². The van der Waals surface area contributed by atoms with Gasteiger partial charge < -0.3 is 5.32 Å². The third kappa shape index (κ3) is 2.06. The van der Waals surface area contributed by atoms with Crippen LogP contribution in [0.2, 0.25) is 0 Å². The number of amides is 1. The lowest BCUT2D eigenvalue weighted by Gasteiger charge is -2.32. The first-order chi connectivity index (χ1) is 7.62. The van der Waals surface area contributed by atoms with E-state index in [-0.39, 0.29) is 11.3 Å². The largest absolute Gasteiger partial charge is 0.316 e. The van der Waals surface area contributed by atoms with Gasteiger partial charge in [0.05, 0.1) is 5.41 Å². The van der Waals surface area contributed by atoms with Crippen LogP contribution < -0.4 is 10.6 Å². The Labute approximate surface area is 94.4 Å². The molecule has 0 radical (unpaired) electrons. The number of aromatic nitrogens is 3. The van der Waals surface area contributed by atoms with Gasteiger partial charge in [0.15, 0.2) is 0 Å². The predicted molar refractivity (Wildman–Crippen MR) is 59.8 cm³/mol. The van der Waals surface area contributed by atoms with E-state index in [4.69, 9.17) is 0 Å². The number of hydrogen-bond acceptors (Lipinski definition) is 4. The molecule has 1 saturated heterocycles. The molecule has 0 saturated carbocycles. The van der Waals surface area contributed by atoms with Crippen LogP contribution in [0.25, 0.3) is 0 Å². The third-order valence-electron chi connectivity index (χ3n) is 3.08. The van der Waals surface area contributed by atoms with Gasteiger partial charge in [-0.05, 0) is 26.3 Å². The summed E-state index contributed by atoms with van der Waals surface area (Å²) in [4.78, 5) is 16.1. The molecule has 1 fully saturated rings. The molecule has 1 unspecified atom stereocenters. The van der Waals surface area contributed by atoms with Gasteiger partial charge in [0, 0.05) is 13.6 Å². The summed E-state index contributed by atoms with van der Waals surface area (Å²) in [5.74, 6) is 0.507. The second kappa shape index (κ2) is 4.21. The van der Waals surface area contributed by atoms with Crippen LogP contribution in [0.1, 0.15) is 19.8 Å². The number of anilines is 1. The van der Waals surface area contributed by atoms with Gasteiger partial charge in [0.2, 0.25) is 11.9 Å². The summed E-state index contributed by atoms with van der Waals surface area (Å²) in [6, 6.07) is 0. The van der Waals surface area contributed by atoms with E-state index in [1.807, 2.05) is 6.92 Å². The molecular formula is C10H17N5O. The van der Waals surface area contributed by atoms with Crippen LogP contribution in [0.5, 0.6) is 0 Å². The Balaban J connectivity index is 2.05. The van der Waals surface area contributed by atoms with Gasteiger partial charge in [-0.2, -0.15) is 10.1 Å². The zero-order valence-corrected chi connectivity index (χ0v) is 9.66. The summed E-state index contributed by atoms with van der Waals surface area (Å²) < 4.78 is 1.55. The monoisotopic (exact) mass is 223 g/mol. The van der Waals surface area contributed by atoms with Crippen molar-refractivity contribution < 1.29 is 4.79 Å². The Morgan fingerprint density at radius 1 is 1.69 bits per heavy atom. The first-order valence-electron chi connectivity index (χ1n) is 5.48.